The van der Waals surface area contributed by atoms with Gasteiger partial charge in [0.25, 0.3) is 0 Å². The van der Waals surface area contributed by atoms with Crippen LogP contribution in [0.1, 0.15) is 81.5 Å². The zero-order valence-electron chi connectivity index (χ0n) is 21.2. The van der Waals surface area contributed by atoms with Crippen LogP contribution in [-0.4, -0.2) is 55.3 Å². The number of ether oxygens (including phenoxy) is 2. The highest BCUT2D eigenvalue weighted by Crippen LogP contribution is 2.47. The Labute approximate surface area is 204 Å². The van der Waals surface area contributed by atoms with Gasteiger partial charge in [-0.3, -0.25) is 4.79 Å². The minimum absolute atomic E-state index is 0.0867. The Morgan fingerprint density at radius 2 is 1.88 bits per heavy atom. The van der Waals surface area contributed by atoms with Crippen LogP contribution < -0.4 is 4.90 Å². The van der Waals surface area contributed by atoms with Crippen LogP contribution >= 0.6 is 0 Å². The third-order valence-electron chi connectivity index (χ3n) is 8.28. The molecule has 1 aromatic carbocycles. The van der Waals surface area contributed by atoms with Crippen LogP contribution in [-0.2, 0) is 27.3 Å². The smallest absolute Gasteiger partial charge is 0.226 e. The highest BCUT2D eigenvalue weighted by molar-refractivity contribution is 5.80. The Bertz CT molecular complexity index is 986. The summed E-state index contributed by atoms with van der Waals surface area (Å²) < 4.78 is 11.7. The quantitative estimate of drug-likeness (QED) is 0.660. The van der Waals surface area contributed by atoms with Gasteiger partial charge in [0.2, 0.25) is 5.91 Å². The summed E-state index contributed by atoms with van der Waals surface area (Å²) in [6, 6.07) is 5.03. The van der Waals surface area contributed by atoms with E-state index in [0.29, 0.717) is 44.1 Å². The van der Waals surface area contributed by atoms with E-state index in [1.165, 1.54) is 29.5 Å². The molecular weight excluding hydrogens is 426 g/mol. The van der Waals surface area contributed by atoms with Gasteiger partial charge in [-0.05, 0) is 74.1 Å². The minimum Gasteiger partial charge on any atom is -0.381 e. The van der Waals surface area contributed by atoms with E-state index < -0.39 is 0 Å². The van der Waals surface area contributed by atoms with Gasteiger partial charge in [0, 0.05) is 45.2 Å². The maximum absolute atomic E-state index is 13.4. The summed E-state index contributed by atoms with van der Waals surface area (Å²) in [4.78, 5) is 18.0. The first kappa shape index (κ1) is 23.6. The fourth-order valence-electron chi connectivity index (χ4n) is 6.08. The molecule has 5 rings (SSSR count). The van der Waals surface area contributed by atoms with Gasteiger partial charge in [-0.15, -0.1) is 0 Å². The molecule has 1 atom stereocenters. The molecule has 184 valence electrons. The number of anilines is 1. The van der Waals surface area contributed by atoms with E-state index in [1.54, 1.807) is 0 Å². The second-order valence-electron chi connectivity index (χ2n) is 11.6. The number of rotatable bonds is 4. The minimum atomic E-state index is -0.257. The van der Waals surface area contributed by atoms with Crippen molar-refractivity contribution >= 4 is 11.6 Å². The molecule has 0 bridgehead atoms. The van der Waals surface area contributed by atoms with Gasteiger partial charge in [0.05, 0.1) is 29.5 Å². The highest BCUT2D eigenvalue weighted by Gasteiger charge is 2.39. The highest BCUT2D eigenvalue weighted by atomic mass is 16.5. The molecule has 34 heavy (non-hydrogen) atoms. The number of piperazine rings is 1. The van der Waals surface area contributed by atoms with Gasteiger partial charge < -0.3 is 19.3 Å². The second-order valence-corrected chi connectivity index (χ2v) is 11.6. The van der Waals surface area contributed by atoms with Crippen molar-refractivity contribution in [3.05, 3.63) is 28.3 Å². The average molecular weight is 466 g/mol. The molecule has 1 aliphatic carbocycles. The number of carbonyl (C=O) groups is 1. The lowest BCUT2D eigenvalue weighted by molar-refractivity contribution is -0.142. The maximum Gasteiger partial charge on any atom is 0.226 e. The largest absolute Gasteiger partial charge is 0.381 e. The summed E-state index contributed by atoms with van der Waals surface area (Å²) in [6.07, 6.45) is 4.88. The molecule has 3 heterocycles. The number of amides is 1. The second kappa shape index (κ2) is 9.17. The lowest BCUT2D eigenvalue weighted by Crippen LogP contribution is -2.59. The molecule has 1 aromatic rings. The molecule has 1 saturated carbocycles. The first-order chi connectivity index (χ1) is 16.3. The molecule has 2 saturated heterocycles. The normalized spacial score (nSPS) is 25.2. The van der Waals surface area contributed by atoms with Crippen molar-refractivity contribution in [2.45, 2.75) is 84.0 Å². The standard InChI is InChI=1S/C28H39N3O3/c1-18(2)26-16-30(9-10-31(26)27(32)20-7-11-33-12-8-20)25-13-21(19-5-6-19)24-17-34-28(3,4)14-22(24)23(25)15-29/h13,18-20,26H,5-12,14,16-17H2,1-4H3/t26-/m0/s1. The predicted octanol–water partition coefficient (Wildman–Crippen LogP) is 4.39. The predicted molar refractivity (Wildman–Crippen MR) is 132 cm³/mol. The molecule has 3 aliphatic heterocycles. The van der Waals surface area contributed by atoms with Gasteiger partial charge in [-0.25, -0.2) is 0 Å². The Hall–Kier alpha value is -2.10. The molecule has 0 N–H and O–H groups in total. The number of fused-ring (bicyclic) bond motifs is 1. The number of hydrogen-bond acceptors (Lipinski definition) is 5. The van der Waals surface area contributed by atoms with E-state index in [0.717, 1.165) is 43.6 Å². The molecule has 3 fully saturated rings. The van der Waals surface area contributed by atoms with Gasteiger partial charge in [0.1, 0.15) is 6.07 Å². The van der Waals surface area contributed by atoms with Crippen molar-refractivity contribution in [1.29, 1.82) is 5.26 Å². The summed E-state index contributed by atoms with van der Waals surface area (Å²) in [6.45, 7) is 12.9. The average Bonchev–Trinajstić information content (AvgIpc) is 3.67. The number of benzene rings is 1. The van der Waals surface area contributed by atoms with Gasteiger partial charge in [-0.1, -0.05) is 13.8 Å². The van der Waals surface area contributed by atoms with Crippen LogP contribution in [0, 0.1) is 23.2 Å². The third kappa shape index (κ3) is 4.45. The van der Waals surface area contributed by atoms with E-state index in [4.69, 9.17) is 9.47 Å². The summed E-state index contributed by atoms with van der Waals surface area (Å²) >= 11 is 0. The first-order valence-electron chi connectivity index (χ1n) is 13.1. The number of nitriles is 1. The number of nitrogens with zero attached hydrogens (tertiary/aromatic N) is 3. The van der Waals surface area contributed by atoms with Crippen LogP contribution in [0.4, 0.5) is 5.69 Å². The van der Waals surface area contributed by atoms with Crippen molar-refractivity contribution in [3.63, 3.8) is 0 Å². The summed E-state index contributed by atoms with van der Waals surface area (Å²) in [5.74, 6) is 1.33. The first-order valence-corrected chi connectivity index (χ1v) is 13.1. The Morgan fingerprint density at radius 3 is 2.53 bits per heavy atom. The fourth-order valence-corrected chi connectivity index (χ4v) is 6.08. The molecule has 0 spiro atoms. The van der Waals surface area contributed by atoms with Crippen molar-refractivity contribution in [2.24, 2.45) is 11.8 Å². The van der Waals surface area contributed by atoms with Gasteiger partial charge in [0.15, 0.2) is 0 Å². The van der Waals surface area contributed by atoms with Crippen molar-refractivity contribution in [1.82, 2.24) is 4.90 Å². The zero-order chi connectivity index (χ0) is 24.0. The SMILES string of the molecule is CC(C)[C@@H]1CN(c2cc(C3CC3)c3c(c2C#N)CC(C)(C)OC3)CCN1C(=O)C1CCOCC1. The zero-order valence-corrected chi connectivity index (χ0v) is 21.2. The molecule has 0 radical (unpaired) electrons. The van der Waals surface area contributed by atoms with Crippen LogP contribution in [0.15, 0.2) is 6.07 Å². The molecule has 0 unspecified atom stereocenters. The molecule has 1 amide bonds. The number of carbonyl (C=O) groups excluding carboxylic acids is 1. The number of hydrogen-bond donors (Lipinski definition) is 0. The van der Waals surface area contributed by atoms with Crippen molar-refractivity contribution in [3.8, 4) is 6.07 Å². The van der Waals surface area contributed by atoms with E-state index in [2.05, 4.69) is 49.6 Å². The third-order valence-corrected chi connectivity index (χ3v) is 8.28. The van der Waals surface area contributed by atoms with Gasteiger partial charge in [-0.2, -0.15) is 5.26 Å². The monoisotopic (exact) mass is 465 g/mol. The molecule has 0 aromatic heterocycles. The molecule has 6 heteroatoms. The summed E-state index contributed by atoms with van der Waals surface area (Å²) in [5, 5.41) is 10.3. The van der Waals surface area contributed by atoms with Crippen molar-refractivity contribution < 1.29 is 14.3 Å². The molecule has 4 aliphatic rings. The van der Waals surface area contributed by atoms with Crippen LogP contribution in [0.3, 0.4) is 0 Å². The summed E-state index contributed by atoms with van der Waals surface area (Å²) in [5.41, 5.74) is 5.48. The van der Waals surface area contributed by atoms with E-state index in [-0.39, 0.29) is 17.6 Å². The van der Waals surface area contributed by atoms with Crippen LogP contribution in [0.25, 0.3) is 0 Å². The van der Waals surface area contributed by atoms with Gasteiger partial charge >= 0.3 is 0 Å². The lowest BCUT2D eigenvalue weighted by Gasteiger charge is -2.46. The summed E-state index contributed by atoms with van der Waals surface area (Å²) in [7, 11) is 0. The molecule has 6 nitrogen and oxygen atoms in total. The topological polar surface area (TPSA) is 65.8 Å². The van der Waals surface area contributed by atoms with Crippen LogP contribution in [0.2, 0.25) is 0 Å². The maximum atomic E-state index is 13.4. The van der Waals surface area contributed by atoms with Crippen molar-refractivity contribution in [2.75, 3.05) is 37.7 Å². The molecular formula is C28H39N3O3. The Balaban J connectivity index is 1.46. The van der Waals surface area contributed by atoms with Crippen LogP contribution in [0.5, 0.6) is 0 Å². The van der Waals surface area contributed by atoms with E-state index in [1.807, 2.05) is 0 Å². The van der Waals surface area contributed by atoms with E-state index in [9.17, 15) is 10.1 Å². The van der Waals surface area contributed by atoms with E-state index >= 15 is 0 Å². The Kier molecular flexibility index (Phi) is 6.37. The fraction of sp³-hybridized carbons (Fsp3) is 0.714. The lowest BCUT2D eigenvalue weighted by atomic mass is 9.83. The Morgan fingerprint density at radius 1 is 1.15 bits per heavy atom.